The van der Waals surface area contributed by atoms with Gasteiger partial charge in [-0.15, -0.1) is 0 Å². The second-order valence-corrected chi connectivity index (χ2v) is 6.30. The Morgan fingerprint density at radius 2 is 1.95 bits per heavy atom. The van der Waals surface area contributed by atoms with Gasteiger partial charge in [-0.3, -0.25) is 0 Å². The molecule has 122 valence electrons. The minimum atomic E-state index is -1.23. The van der Waals surface area contributed by atoms with Crippen LogP contribution in [0, 0.1) is 0 Å². The van der Waals surface area contributed by atoms with Gasteiger partial charge < -0.3 is 20.1 Å². The number of likely N-dealkylation sites (N-methyl/N-ethyl adjacent to an activating group) is 1. The predicted octanol–water partition coefficient (Wildman–Crippen LogP) is 2.23. The smallest absolute Gasteiger partial charge is 0.329 e. The highest BCUT2D eigenvalue weighted by Crippen LogP contribution is 2.31. The van der Waals surface area contributed by atoms with Crippen molar-refractivity contribution in [2.75, 3.05) is 13.7 Å². The van der Waals surface area contributed by atoms with Crippen LogP contribution >= 0.6 is 0 Å². The van der Waals surface area contributed by atoms with E-state index < -0.39 is 11.5 Å². The van der Waals surface area contributed by atoms with Gasteiger partial charge in [0, 0.05) is 19.7 Å². The largest absolute Gasteiger partial charge is 0.480 e. The van der Waals surface area contributed by atoms with Crippen molar-refractivity contribution >= 4 is 12.0 Å². The molecule has 6 nitrogen and oxygen atoms in total. The van der Waals surface area contributed by atoms with Crippen molar-refractivity contribution in [1.82, 2.24) is 10.2 Å². The van der Waals surface area contributed by atoms with E-state index in [-0.39, 0.29) is 17.7 Å². The Kier molecular flexibility index (Phi) is 5.61. The molecule has 0 aliphatic carbocycles. The molecule has 21 heavy (non-hydrogen) atoms. The van der Waals surface area contributed by atoms with Crippen LogP contribution in [0.15, 0.2) is 0 Å². The molecule has 2 amide bonds. The normalized spacial score (nSPS) is 21.7. The summed E-state index contributed by atoms with van der Waals surface area (Å²) >= 11 is 0. The predicted molar refractivity (Wildman–Crippen MR) is 80.3 cm³/mol. The Balaban J connectivity index is 2.68. The number of carbonyl (C=O) groups excluding carboxylic acids is 1. The molecule has 0 spiro atoms. The van der Waals surface area contributed by atoms with Crippen LogP contribution in [0.3, 0.4) is 0 Å². The zero-order valence-corrected chi connectivity index (χ0v) is 13.7. The Labute approximate surface area is 126 Å². The van der Waals surface area contributed by atoms with Gasteiger partial charge in [0.2, 0.25) is 0 Å². The van der Waals surface area contributed by atoms with E-state index in [9.17, 15) is 14.7 Å². The molecular weight excluding hydrogens is 272 g/mol. The van der Waals surface area contributed by atoms with Gasteiger partial charge in [0.05, 0.1) is 5.60 Å². The third-order valence-electron chi connectivity index (χ3n) is 4.78. The first-order valence-electron chi connectivity index (χ1n) is 7.60. The fourth-order valence-electron chi connectivity index (χ4n) is 2.56. The summed E-state index contributed by atoms with van der Waals surface area (Å²) in [6, 6.07) is -0.325. The first-order valence-corrected chi connectivity index (χ1v) is 7.60. The fourth-order valence-corrected chi connectivity index (χ4v) is 2.56. The Morgan fingerprint density at radius 3 is 2.43 bits per heavy atom. The first kappa shape index (κ1) is 17.8. The summed E-state index contributed by atoms with van der Waals surface area (Å²) < 4.78 is 5.88. The zero-order chi connectivity index (χ0) is 16.3. The SMILES string of the molecule is CCC1(CC)CC(NC(=O)N(C)C(C)(C)C(=O)O)CCO1. The van der Waals surface area contributed by atoms with Gasteiger partial charge in [0.15, 0.2) is 0 Å². The number of carboxylic acids is 1. The van der Waals surface area contributed by atoms with Crippen LogP contribution in [0.4, 0.5) is 4.79 Å². The van der Waals surface area contributed by atoms with E-state index in [1.807, 2.05) is 0 Å². The highest BCUT2D eigenvalue weighted by atomic mass is 16.5. The second-order valence-electron chi connectivity index (χ2n) is 6.30. The molecule has 0 saturated carbocycles. The number of urea groups is 1. The lowest BCUT2D eigenvalue weighted by Gasteiger charge is -2.41. The number of nitrogens with zero attached hydrogens (tertiary/aromatic N) is 1. The molecule has 1 atom stereocenters. The van der Waals surface area contributed by atoms with Crippen molar-refractivity contribution in [3.05, 3.63) is 0 Å². The zero-order valence-electron chi connectivity index (χ0n) is 13.7. The van der Waals surface area contributed by atoms with Crippen molar-refractivity contribution in [1.29, 1.82) is 0 Å². The first-order chi connectivity index (χ1) is 9.68. The molecule has 0 radical (unpaired) electrons. The Hall–Kier alpha value is -1.30. The Morgan fingerprint density at radius 1 is 1.38 bits per heavy atom. The summed E-state index contributed by atoms with van der Waals surface area (Å²) in [5, 5.41) is 12.1. The highest BCUT2D eigenvalue weighted by molar-refractivity contribution is 5.85. The van der Waals surface area contributed by atoms with Gasteiger partial charge in [-0.25, -0.2) is 9.59 Å². The second kappa shape index (κ2) is 6.64. The van der Waals surface area contributed by atoms with Gasteiger partial charge in [-0.05, 0) is 39.5 Å². The summed E-state index contributed by atoms with van der Waals surface area (Å²) in [5.74, 6) is -1.02. The van der Waals surface area contributed by atoms with Crippen LogP contribution in [0.25, 0.3) is 0 Å². The number of hydrogen-bond donors (Lipinski definition) is 2. The van der Waals surface area contributed by atoms with E-state index in [1.54, 1.807) is 0 Å². The molecule has 0 aromatic carbocycles. The van der Waals surface area contributed by atoms with E-state index in [1.165, 1.54) is 25.8 Å². The summed E-state index contributed by atoms with van der Waals surface area (Å²) in [6.45, 7) is 7.84. The lowest BCUT2D eigenvalue weighted by molar-refractivity contribution is -0.147. The van der Waals surface area contributed by atoms with Crippen LogP contribution in [0.1, 0.15) is 53.4 Å². The molecule has 1 rings (SSSR count). The maximum atomic E-state index is 12.3. The standard InChI is InChI=1S/C15H28N2O4/c1-6-15(7-2)10-11(8-9-21-15)16-13(20)17(5)14(3,4)12(18)19/h11H,6-10H2,1-5H3,(H,16,20)(H,18,19). The third-order valence-corrected chi connectivity index (χ3v) is 4.78. The molecule has 1 aliphatic rings. The van der Waals surface area contributed by atoms with Crippen LogP contribution < -0.4 is 5.32 Å². The van der Waals surface area contributed by atoms with Crippen molar-refractivity contribution in [3.8, 4) is 0 Å². The number of rotatable bonds is 5. The fraction of sp³-hybridized carbons (Fsp3) is 0.867. The van der Waals surface area contributed by atoms with Crippen molar-refractivity contribution in [2.24, 2.45) is 0 Å². The van der Waals surface area contributed by atoms with Gasteiger partial charge in [0.1, 0.15) is 5.54 Å². The monoisotopic (exact) mass is 300 g/mol. The lowest BCUT2D eigenvalue weighted by Crippen LogP contribution is -2.57. The van der Waals surface area contributed by atoms with E-state index in [0.29, 0.717) is 6.61 Å². The number of hydrogen-bond acceptors (Lipinski definition) is 3. The van der Waals surface area contributed by atoms with Crippen LogP contribution in [-0.2, 0) is 9.53 Å². The van der Waals surface area contributed by atoms with Gasteiger partial charge >= 0.3 is 12.0 Å². The maximum Gasteiger partial charge on any atom is 0.329 e. The molecule has 1 unspecified atom stereocenters. The van der Waals surface area contributed by atoms with Crippen molar-refractivity contribution in [2.45, 2.75) is 70.6 Å². The van der Waals surface area contributed by atoms with Crippen LogP contribution in [-0.4, -0.2) is 52.8 Å². The number of carboxylic acid groups (broad SMARTS) is 1. The maximum absolute atomic E-state index is 12.3. The summed E-state index contributed by atoms with van der Waals surface area (Å²) in [4.78, 5) is 24.7. The highest BCUT2D eigenvalue weighted by Gasteiger charge is 2.38. The van der Waals surface area contributed by atoms with E-state index >= 15 is 0 Å². The molecule has 1 fully saturated rings. The van der Waals surface area contributed by atoms with Gasteiger partial charge in [-0.1, -0.05) is 13.8 Å². The molecule has 1 aliphatic heterocycles. The molecule has 6 heteroatoms. The molecule has 1 heterocycles. The average Bonchev–Trinajstić information content (AvgIpc) is 2.46. The number of aliphatic carboxylic acids is 1. The van der Waals surface area contributed by atoms with Gasteiger partial charge in [0.25, 0.3) is 0 Å². The molecule has 0 bridgehead atoms. The topological polar surface area (TPSA) is 78.9 Å². The summed E-state index contributed by atoms with van der Waals surface area (Å²) in [5.41, 5.74) is -1.40. The minimum Gasteiger partial charge on any atom is -0.480 e. The molecule has 1 saturated heterocycles. The number of ether oxygens (including phenoxy) is 1. The summed E-state index contributed by atoms with van der Waals surface area (Å²) in [6.07, 6.45) is 3.35. The minimum absolute atomic E-state index is 0.0261. The van der Waals surface area contributed by atoms with E-state index in [4.69, 9.17) is 4.74 Å². The van der Waals surface area contributed by atoms with Crippen LogP contribution in [0.5, 0.6) is 0 Å². The quantitative estimate of drug-likeness (QED) is 0.816. The summed E-state index contributed by atoms with van der Waals surface area (Å²) in [7, 11) is 1.51. The van der Waals surface area contributed by atoms with Crippen molar-refractivity contribution in [3.63, 3.8) is 0 Å². The van der Waals surface area contributed by atoms with Crippen molar-refractivity contribution < 1.29 is 19.4 Å². The van der Waals surface area contributed by atoms with Crippen LogP contribution in [0.2, 0.25) is 0 Å². The molecule has 0 aromatic rings. The van der Waals surface area contributed by atoms with Gasteiger partial charge in [-0.2, -0.15) is 0 Å². The van der Waals surface area contributed by atoms with E-state index in [0.717, 1.165) is 25.7 Å². The third kappa shape index (κ3) is 3.87. The van der Waals surface area contributed by atoms with E-state index in [2.05, 4.69) is 19.2 Å². The molecule has 0 aromatic heterocycles. The Bertz CT molecular complexity index is 391. The average molecular weight is 300 g/mol. The number of nitrogens with one attached hydrogen (secondary N) is 1. The number of amides is 2. The lowest BCUT2D eigenvalue weighted by atomic mass is 9.86. The molecular formula is C15H28N2O4. The number of carbonyl (C=O) groups is 2. The molecule has 2 N–H and O–H groups in total.